The summed E-state index contributed by atoms with van der Waals surface area (Å²) >= 11 is 0. The standard InChI is InChI=1S/C54H59F3N10O5/c1-32-27-63(28-34-4-5-45-39(22-34)54(13-14-54)53(72)67(45)46-6-7-47(68)60-51(46)70)20-21-65(32)29-33-9-18-64(19-10-33)52(71)36-23-40(55)49(41(56)24-36)35-11-16-62(17-12-35)30-37-25-38-44(8-15-59-50(38)61(37)3)66-31-42(57)43(58-2)26-48(66)69/h4-5,8,15,22-26,28,31-33,35,46H,6-7,9-14,16-21,27,29-30H2,1-3H3,(H-,58,60,68,69,70)/p+1/t32-,46?/m0/s1. The Labute approximate surface area is 415 Å². The second-order valence-electron chi connectivity index (χ2n) is 20.9. The number of nitrogens with zero attached hydrogens (tertiary/aromatic N) is 8. The Balaban J connectivity index is 0.665. The number of rotatable bonds is 10. The quantitative estimate of drug-likeness (QED) is 0.138. The molecule has 6 aliphatic rings. The number of anilines is 2. The summed E-state index contributed by atoms with van der Waals surface area (Å²) in [7, 11) is 3.45. The largest absolute Gasteiger partial charge is 0.386 e. The summed E-state index contributed by atoms with van der Waals surface area (Å²) in [4.78, 5) is 77.6. The molecule has 4 saturated heterocycles. The van der Waals surface area contributed by atoms with Crippen LogP contribution in [0.1, 0.15) is 97.0 Å². The number of hydrogen-bond acceptors (Lipinski definition) is 9. The van der Waals surface area contributed by atoms with Crippen LogP contribution in [-0.4, -0.2) is 135 Å². The first-order valence-corrected chi connectivity index (χ1v) is 25.4. The predicted molar refractivity (Wildman–Crippen MR) is 265 cm³/mol. The summed E-state index contributed by atoms with van der Waals surface area (Å²) in [6.07, 6.45) is 9.67. The molecule has 15 nitrogen and oxygen atoms in total. The van der Waals surface area contributed by atoms with Crippen molar-refractivity contribution in [1.82, 2.24) is 34.1 Å². The molecule has 5 aliphatic heterocycles. The van der Waals surface area contributed by atoms with Gasteiger partial charge in [-0.25, -0.2) is 22.7 Å². The van der Waals surface area contributed by atoms with Crippen LogP contribution in [0.4, 0.5) is 24.5 Å². The fourth-order valence-corrected chi connectivity index (χ4v) is 12.2. The van der Waals surface area contributed by atoms with Crippen LogP contribution in [0.5, 0.6) is 0 Å². The van der Waals surface area contributed by atoms with Gasteiger partial charge in [0.05, 0.1) is 35.6 Å². The summed E-state index contributed by atoms with van der Waals surface area (Å²) in [5.74, 6) is -2.98. The number of imide groups is 1. The lowest BCUT2D eigenvalue weighted by molar-refractivity contribution is -0.542. The van der Waals surface area contributed by atoms with E-state index in [1.54, 1.807) is 29.1 Å². The van der Waals surface area contributed by atoms with Gasteiger partial charge in [-0.3, -0.25) is 48.6 Å². The molecule has 1 unspecified atom stereocenters. The Morgan fingerprint density at radius 2 is 1.65 bits per heavy atom. The van der Waals surface area contributed by atoms with Gasteiger partial charge in [0.2, 0.25) is 17.7 Å². The fraction of sp³-hybridized carbons (Fsp3) is 0.463. The number of halogens is 3. The van der Waals surface area contributed by atoms with E-state index in [0.717, 1.165) is 74.4 Å². The molecule has 72 heavy (non-hydrogen) atoms. The number of pyridine rings is 2. The second-order valence-corrected chi connectivity index (χ2v) is 20.9. The Hall–Kier alpha value is -6.66. The number of piperidine rings is 3. The second kappa shape index (κ2) is 18.7. The molecule has 1 saturated carbocycles. The van der Waals surface area contributed by atoms with Crippen LogP contribution in [0.3, 0.4) is 0 Å². The number of nitrogens with one attached hydrogen (secondary N) is 2. The third kappa shape index (κ3) is 8.58. The molecule has 4 amide bonds. The molecule has 376 valence electrons. The number of carbonyl (C=O) groups excluding carboxylic acids is 4. The van der Waals surface area contributed by atoms with Crippen molar-refractivity contribution in [3.8, 4) is 5.69 Å². The molecule has 3 aromatic heterocycles. The average molecular weight is 986 g/mol. The fourth-order valence-electron chi connectivity index (χ4n) is 12.2. The molecule has 2 N–H and O–H groups in total. The lowest BCUT2D eigenvalue weighted by Gasteiger charge is -2.38. The normalized spacial score (nSPS) is 22.6. The Morgan fingerprint density at radius 1 is 0.903 bits per heavy atom. The van der Waals surface area contributed by atoms with Crippen molar-refractivity contribution in [1.29, 1.82) is 0 Å². The molecular weight excluding hydrogens is 926 g/mol. The number of aryl methyl sites for hydroxylation is 1. The zero-order valence-corrected chi connectivity index (χ0v) is 40.9. The SMILES string of the molecule is CNc1cc(=O)n(-c2ccnc3c2cc(CN2CCC(c4c(F)cc(C(=O)N5CCC(CN6CC[N+](=Cc7ccc8c(c7)C7(CC7)C(=O)N8C7CCC(=O)NC7=O)C[C@@H]6C)CC5)cc4F)CC2)n3C)cc1F. The molecule has 2 atom stereocenters. The Bertz CT molecular complexity index is 3110. The van der Waals surface area contributed by atoms with Crippen molar-refractivity contribution >= 4 is 52.3 Å². The predicted octanol–water partition coefficient (Wildman–Crippen LogP) is 5.43. The zero-order chi connectivity index (χ0) is 50.2. The lowest BCUT2D eigenvalue weighted by atomic mass is 9.87. The van der Waals surface area contributed by atoms with E-state index in [0.29, 0.717) is 74.6 Å². The maximum Gasteiger partial charge on any atom is 0.257 e. The van der Waals surface area contributed by atoms with Gasteiger partial charge in [-0.15, -0.1) is 0 Å². The number of amides is 4. The number of carbonyl (C=O) groups is 4. The first kappa shape index (κ1) is 47.7. The number of piperazine rings is 1. The van der Waals surface area contributed by atoms with E-state index >= 15 is 8.78 Å². The van der Waals surface area contributed by atoms with Crippen molar-refractivity contribution < 1.29 is 36.9 Å². The molecule has 1 aliphatic carbocycles. The van der Waals surface area contributed by atoms with Crippen molar-refractivity contribution in [3.63, 3.8) is 0 Å². The summed E-state index contributed by atoms with van der Waals surface area (Å²) in [6.45, 7) is 8.47. The highest BCUT2D eigenvalue weighted by molar-refractivity contribution is 6.15. The third-order valence-corrected chi connectivity index (χ3v) is 16.5. The first-order chi connectivity index (χ1) is 34.7. The first-order valence-electron chi connectivity index (χ1n) is 25.4. The number of hydrogen-bond donors (Lipinski definition) is 2. The van der Waals surface area contributed by atoms with Crippen LogP contribution in [0.2, 0.25) is 0 Å². The highest BCUT2D eigenvalue weighted by Crippen LogP contribution is 2.58. The van der Waals surface area contributed by atoms with Gasteiger partial charge in [-0.05, 0) is 125 Å². The summed E-state index contributed by atoms with van der Waals surface area (Å²) in [5, 5.41) is 5.80. The van der Waals surface area contributed by atoms with Gasteiger partial charge in [-0.2, -0.15) is 0 Å². The Kier molecular flexibility index (Phi) is 12.4. The van der Waals surface area contributed by atoms with E-state index in [1.807, 2.05) is 29.8 Å². The number of fused-ring (bicyclic) bond motifs is 3. The molecule has 0 bridgehead atoms. The van der Waals surface area contributed by atoms with Crippen LogP contribution in [0.15, 0.2) is 65.7 Å². The minimum Gasteiger partial charge on any atom is -0.386 e. The van der Waals surface area contributed by atoms with Gasteiger partial charge in [0.25, 0.3) is 11.5 Å². The van der Waals surface area contributed by atoms with Crippen LogP contribution in [0, 0.1) is 23.4 Å². The van der Waals surface area contributed by atoms with Crippen molar-refractivity contribution in [2.75, 3.05) is 69.6 Å². The van der Waals surface area contributed by atoms with Gasteiger partial charge < -0.3 is 14.8 Å². The maximum absolute atomic E-state index is 15.9. The van der Waals surface area contributed by atoms with Crippen LogP contribution >= 0.6 is 0 Å². The molecule has 11 rings (SSSR count). The smallest absolute Gasteiger partial charge is 0.257 e. The van der Waals surface area contributed by atoms with E-state index < -0.39 is 34.8 Å². The highest BCUT2D eigenvalue weighted by atomic mass is 19.1. The molecule has 2 aromatic carbocycles. The van der Waals surface area contributed by atoms with Crippen LogP contribution in [0.25, 0.3) is 16.7 Å². The van der Waals surface area contributed by atoms with Gasteiger partial charge >= 0.3 is 0 Å². The van der Waals surface area contributed by atoms with Crippen molar-refractivity contribution in [3.05, 3.63) is 117 Å². The minimum atomic E-state index is -0.687. The van der Waals surface area contributed by atoms with Gasteiger partial charge in [-0.1, -0.05) is 0 Å². The number of likely N-dealkylation sites (tertiary alicyclic amines) is 2. The van der Waals surface area contributed by atoms with E-state index in [1.165, 1.54) is 29.0 Å². The van der Waals surface area contributed by atoms with E-state index in [-0.39, 0.29) is 58.5 Å². The topological polar surface area (TPSA) is 148 Å². The van der Waals surface area contributed by atoms with E-state index in [2.05, 4.69) is 49.2 Å². The van der Waals surface area contributed by atoms with E-state index in [4.69, 9.17) is 0 Å². The van der Waals surface area contributed by atoms with Crippen molar-refractivity contribution in [2.45, 2.75) is 88.3 Å². The van der Waals surface area contributed by atoms with Crippen LogP contribution in [-0.2, 0) is 33.4 Å². The molecule has 0 radical (unpaired) electrons. The third-order valence-electron chi connectivity index (χ3n) is 16.5. The minimum absolute atomic E-state index is 0.0333. The molecule has 18 heteroatoms. The average Bonchev–Trinajstić information content (AvgIpc) is 4.07. The van der Waals surface area contributed by atoms with Crippen molar-refractivity contribution in [2.24, 2.45) is 13.0 Å². The summed E-state index contributed by atoms with van der Waals surface area (Å²) in [5.41, 5.74) is 4.09. The maximum atomic E-state index is 15.9. The highest BCUT2D eigenvalue weighted by Gasteiger charge is 2.61. The molecule has 1 spiro atoms. The monoisotopic (exact) mass is 985 g/mol. The lowest BCUT2D eigenvalue weighted by Crippen LogP contribution is -2.54. The van der Waals surface area contributed by atoms with Gasteiger partial charge in [0.15, 0.2) is 25.1 Å². The Morgan fingerprint density at radius 3 is 2.35 bits per heavy atom. The summed E-state index contributed by atoms with van der Waals surface area (Å²) < 4.78 is 52.1. The number of aromatic nitrogens is 3. The summed E-state index contributed by atoms with van der Waals surface area (Å²) in [6, 6.07) is 13.0. The molecule has 5 fully saturated rings. The molecular formula is C54H60F3N10O5+. The number of benzene rings is 2. The van der Waals surface area contributed by atoms with Gasteiger partial charge in [0, 0.05) is 92.4 Å². The van der Waals surface area contributed by atoms with Gasteiger partial charge in [0.1, 0.15) is 23.3 Å². The molecule has 8 heterocycles. The van der Waals surface area contributed by atoms with Crippen LogP contribution < -0.4 is 21.1 Å². The zero-order valence-electron chi connectivity index (χ0n) is 40.9. The molecule has 5 aromatic rings. The van der Waals surface area contributed by atoms with E-state index in [9.17, 15) is 28.4 Å².